The van der Waals surface area contributed by atoms with Crippen molar-refractivity contribution in [3.05, 3.63) is 108 Å². The second-order valence-corrected chi connectivity index (χ2v) is 7.26. The number of aliphatic hydroxyl groups is 1. The maximum atomic E-state index is 13.2. The molecule has 1 amide bonds. The number of benzene rings is 3. The van der Waals surface area contributed by atoms with E-state index in [0.29, 0.717) is 6.42 Å². The highest BCUT2D eigenvalue weighted by atomic mass is 16.6. The van der Waals surface area contributed by atoms with E-state index in [4.69, 9.17) is 4.74 Å². The molecule has 0 unspecified atom stereocenters. The third-order valence-corrected chi connectivity index (χ3v) is 4.95. The summed E-state index contributed by atoms with van der Waals surface area (Å²) in [4.78, 5) is 27.8. The molecule has 160 valence electrons. The summed E-state index contributed by atoms with van der Waals surface area (Å²) in [7, 11) is 0. The van der Waals surface area contributed by atoms with E-state index in [2.05, 4.69) is 0 Å². The molecule has 5 nitrogen and oxygen atoms in total. The fourth-order valence-electron chi connectivity index (χ4n) is 3.41. The number of ketones is 1. The standard InChI is InChI=1S/C26H27NO4/c28-18-10-17-24(29)25(23-15-8-3-9-16-23)27(19-21-11-4-1-5-12-21)26(30)31-20-22-13-6-2-7-14-22/h1-9,11-16,25,28H,10,17-20H2/t25-/m0/s1. The highest BCUT2D eigenvalue weighted by Gasteiger charge is 2.32. The second-order valence-electron chi connectivity index (χ2n) is 7.26. The van der Waals surface area contributed by atoms with Gasteiger partial charge in [0.15, 0.2) is 5.78 Å². The van der Waals surface area contributed by atoms with Gasteiger partial charge in [0.1, 0.15) is 12.6 Å². The summed E-state index contributed by atoms with van der Waals surface area (Å²) in [5.74, 6) is -0.132. The van der Waals surface area contributed by atoms with Gasteiger partial charge in [0.2, 0.25) is 0 Å². The highest BCUT2D eigenvalue weighted by molar-refractivity contribution is 5.88. The Kier molecular flexibility index (Phi) is 8.38. The largest absolute Gasteiger partial charge is 0.445 e. The number of ether oxygens (including phenoxy) is 1. The van der Waals surface area contributed by atoms with Gasteiger partial charge in [0.05, 0.1) is 6.54 Å². The lowest BCUT2D eigenvalue weighted by Crippen LogP contribution is -2.39. The molecule has 3 rings (SSSR count). The van der Waals surface area contributed by atoms with Gasteiger partial charge in [-0.1, -0.05) is 91.0 Å². The summed E-state index contributed by atoms with van der Waals surface area (Å²) >= 11 is 0. The molecule has 0 fully saturated rings. The van der Waals surface area contributed by atoms with E-state index in [1.54, 1.807) is 0 Å². The van der Waals surface area contributed by atoms with Crippen LogP contribution in [0.15, 0.2) is 91.0 Å². The molecule has 31 heavy (non-hydrogen) atoms. The third kappa shape index (κ3) is 6.52. The molecule has 5 heteroatoms. The zero-order valence-corrected chi connectivity index (χ0v) is 17.4. The van der Waals surface area contributed by atoms with E-state index in [1.807, 2.05) is 91.0 Å². The summed E-state index contributed by atoms with van der Waals surface area (Å²) in [6.45, 7) is 0.278. The van der Waals surface area contributed by atoms with Gasteiger partial charge in [-0.05, 0) is 23.1 Å². The van der Waals surface area contributed by atoms with Gasteiger partial charge >= 0.3 is 6.09 Å². The number of Topliss-reactive ketones (excluding diaryl/α,β-unsaturated/α-hetero) is 1. The molecule has 0 saturated heterocycles. The molecule has 3 aromatic rings. The average molecular weight is 418 g/mol. The SMILES string of the molecule is O=C(CCCO)[C@H](c1ccccc1)N(Cc1ccccc1)C(=O)OCc1ccccc1. The van der Waals surface area contributed by atoms with Gasteiger partial charge in [-0.25, -0.2) is 4.79 Å². The molecule has 0 aromatic heterocycles. The average Bonchev–Trinajstić information content (AvgIpc) is 2.83. The third-order valence-electron chi connectivity index (χ3n) is 4.95. The minimum absolute atomic E-state index is 0.0790. The van der Waals surface area contributed by atoms with Crippen LogP contribution in [0.1, 0.15) is 35.6 Å². The second kappa shape index (κ2) is 11.7. The van der Waals surface area contributed by atoms with Crippen molar-refractivity contribution in [2.75, 3.05) is 6.61 Å². The number of hydrogen-bond acceptors (Lipinski definition) is 4. The minimum Gasteiger partial charge on any atom is -0.445 e. The van der Waals surface area contributed by atoms with Gasteiger partial charge in [-0.15, -0.1) is 0 Å². The molecule has 0 bridgehead atoms. The van der Waals surface area contributed by atoms with E-state index in [9.17, 15) is 14.7 Å². The van der Waals surface area contributed by atoms with Crippen molar-refractivity contribution in [1.29, 1.82) is 0 Å². The number of hydrogen-bond donors (Lipinski definition) is 1. The maximum Gasteiger partial charge on any atom is 0.411 e. The zero-order chi connectivity index (χ0) is 21.9. The Morgan fingerprint density at radius 2 is 1.35 bits per heavy atom. The lowest BCUT2D eigenvalue weighted by atomic mass is 9.97. The van der Waals surface area contributed by atoms with Crippen LogP contribution in [0.3, 0.4) is 0 Å². The number of amides is 1. The van der Waals surface area contributed by atoms with Crippen LogP contribution >= 0.6 is 0 Å². The van der Waals surface area contributed by atoms with E-state index in [1.165, 1.54) is 4.90 Å². The van der Waals surface area contributed by atoms with Crippen LogP contribution < -0.4 is 0 Å². The van der Waals surface area contributed by atoms with Crippen LogP contribution in [0.25, 0.3) is 0 Å². The number of carbonyl (C=O) groups is 2. The van der Waals surface area contributed by atoms with Gasteiger partial charge in [0, 0.05) is 13.0 Å². The molecule has 0 aliphatic heterocycles. The molecular formula is C26H27NO4. The van der Waals surface area contributed by atoms with Gasteiger partial charge in [0.25, 0.3) is 0 Å². The Morgan fingerprint density at radius 3 is 1.94 bits per heavy atom. The van der Waals surface area contributed by atoms with E-state index < -0.39 is 12.1 Å². The summed E-state index contributed by atoms with van der Waals surface area (Å²) in [6.07, 6.45) is -0.0350. The van der Waals surface area contributed by atoms with E-state index >= 15 is 0 Å². The van der Waals surface area contributed by atoms with Crippen molar-refractivity contribution in [2.45, 2.75) is 32.0 Å². The van der Waals surface area contributed by atoms with Crippen LogP contribution in [-0.4, -0.2) is 28.5 Å². The zero-order valence-electron chi connectivity index (χ0n) is 17.4. The normalized spacial score (nSPS) is 11.5. The summed E-state index contributed by atoms with van der Waals surface area (Å²) in [5, 5.41) is 9.20. The first-order valence-corrected chi connectivity index (χ1v) is 10.4. The van der Waals surface area contributed by atoms with Gasteiger partial charge in [-0.2, -0.15) is 0 Å². The van der Waals surface area contributed by atoms with Crippen LogP contribution in [-0.2, 0) is 22.7 Å². The number of aliphatic hydroxyl groups excluding tert-OH is 1. The maximum absolute atomic E-state index is 13.2. The van der Waals surface area contributed by atoms with Crippen LogP contribution in [0.5, 0.6) is 0 Å². The first-order valence-electron chi connectivity index (χ1n) is 10.4. The minimum atomic E-state index is -0.795. The lowest BCUT2D eigenvalue weighted by molar-refractivity contribution is -0.124. The molecule has 3 aromatic carbocycles. The Labute approximate surface area is 182 Å². The number of nitrogens with zero attached hydrogens (tertiary/aromatic N) is 1. The van der Waals surface area contributed by atoms with Crippen molar-refractivity contribution in [3.8, 4) is 0 Å². The predicted molar refractivity (Wildman–Crippen MR) is 119 cm³/mol. The van der Waals surface area contributed by atoms with E-state index in [0.717, 1.165) is 16.7 Å². The van der Waals surface area contributed by atoms with Gasteiger partial charge < -0.3 is 9.84 Å². The monoisotopic (exact) mass is 417 g/mol. The fraction of sp³-hybridized carbons (Fsp3) is 0.231. The Balaban J connectivity index is 1.90. The van der Waals surface area contributed by atoms with Crippen LogP contribution in [0.4, 0.5) is 4.79 Å². The Morgan fingerprint density at radius 1 is 0.806 bits per heavy atom. The topological polar surface area (TPSA) is 66.8 Å². The fourth-order valence-corrected chi connectivity index (χ4v) is 3.41. The molecule has 0 heterocycles. The summed E-state index contributed by atoms with van der Waals surface area (Å²) in [6, 6.07) is 27.4. The van der Waals surface area contributed by atoms with Crippen molar-refractivity contribution in [1.82, 2.24) is 4.90 Å². The van der Waals surface area contributed by atoms with Gasteiger partial charge in [-0.3, -0.25) is 9.69 Å². The molecule has 0 aliphatic rings. The van der Waals surface area contributed by atoms with E-state index in [-0.39, 0.29) is 32.0 Å². The quantitative estimate of drug-likeness (QED) is 0.509. The lowest BCUT2D eigenvalue weighted by Gasteiger charge is -2.31. The smallest absolute Gasteiger partial charge is 0.411 e. The molecule has 0 radical (unpaired) electrons. The molecule has 0 aliphatic carbocycles. The summed E-state index contributed by atoms with van der Waals surface area (Å²) in [5.41, 5.74) is 2.49. The predicted octanol–water partition coefficient (Wildman–Crippen LogP) is 4.91. The first-order chi connectivity index (χ1) is 15.2. The molecule has 0 spiro atoms. The Hall–Kier alpha value is -3.44. The molecule has 1 N–H and O–H groups in total. The van der Waals surface area contributed by atoms with Crippen molar-refractivity contribution < 1.29 is 19.4 Å². The first kappa shape index (κ1) is 22.2. The van der Waals surface area contributed by atoms with Crippen molar-refractivity contribution in [2.24, 2.45) is 0 Å². The van der Waals surface area contributed by atoms with Crippen LogP contribution in [0.2, 0.25) is 0 Å². The number of rotatable bonds is 10. The number of carbonyl (C=O) groups excluding carboxylic acids is 2. The molecular weight excluding hydrogens is 390 g/mol. The molecule has 1 atom stereocenters. The van der Waals surface area contributed by atoms with Crippen molar-refractivity contribution in [3.63, 3.8) is 0 Å². The van der Waals surface area contributed by atoms with Crippen molar-refractivity contribution >= 4 is 11.9 Å². The molecule has 0 saturated carbocycles. The summed E-state index contributed by atoms with van der Waals surface area (Å²) < 4.78 is 5.60. The highest BCUT2D eigenvalue weighted by Crippen LogP contribution is 2.27. The Bertz CT molecular complexity index is 945. The van der Waals surface area contributed by atoms with Crippen LogP contribution in [0, 0.1) is 0 Å².